The molecule has 24 heavy (non-hydrogen) atoms. The number of rotatable bonds is 14. The van der Waals surface area contributed by atoms with Crippen LogP contribution in [0.15, 0.2) is 0 Å². The lowest BCUT2D eigenvalue weighted by Crippen LogP contribution is -2.33. The van der Waals surface area contributed by atoms with Crippen LogP contribution in [0.3, 0.4) is 0 Å². The average Bonchev–Trinajstić information content (AvgIpc) is 2.49. The lowest BCUT2D eigenvalue weighted by Gasteiger charge is -2.35. The summed E-state index contributed by atoms with van der Waals surface area (Å²) in [6, 6.07) is 2.66. The van der Waals surface area contributed by atoms with Crippen molar-refractivity contribution in [2.75, 3.05) is 13.2 Å². The number of hydrogen-bond donors (Lipinski definition) is 1. The van der Waals surface area contributed by atoms with E-state index in [0.717, 1.165) is 12.8 Å². The first-order valence-electron chi connectivity index (χ1n) is 8.79. The van der Waals surface area contributed by atoms with E-state index < -0.39 is 14.5 Å². The van der Waals surface area contributed by atoms with Crippen LogP contribution < -0.4 is 0 Å². The average molecular weight is 360 g/mol. The molecule has 140 valence electrons. The van der Waals surface area contributed by atoms with Crippen LogP contribution in [0.2, 0.25) is 0 Å². The van der Waals surface area contributed by atoms with Crippen LogP contribution in [0.5, 0.6) is 0 Å². The molecule has 1 N–H and O–H groups in total. The maximum Gasteiger partial charge on any atom is 0.306 e. The van der Waals surface area contributed by atoms with E-state index in [9.17, 15) is 4.79 Å². The lowest BCUT2D eigenvalue weighted by molar-refractivity contribution is -0.142. The molecule has 0 fully saturated rings. The zero-order chi connectivity index (χ0) is 18.5. The second-order valence-electron chi connectivity index (χ2n) is 6.32. The Kier molecular flexibility index (Phi) is 13.1. The summed E-state index contributed by atoms with van der Waals surface area (Å²) in [6.07, 6.45) is 3.34. The van der Waals surface area contributed by atoms with Crippen LogP contribution in [-0.4, -0.2) is 41.0 Å². The van der Waals surface area contributed by atoms with Crippen molar-refractivity contribution >= 4 is 14.5 Å². The Hall–Kier alpha value is -0.730. The standard InChI is InChI=1S/C17H33N2O4P/c1-6-16(17(20)21)10-7-8-12-22-24(23-13-9-11-18)19(14(2)3)15(4)5/h14-16H,6-10,12-13H2,1-5H3,(H,20,21). The Morgan fingerprint density at radius 1 is 1.17 bits per heavy atom. The van der Waals surface area contributed by atoms with Crippen molar-refractivity contribution in [3.63, 3.8) is 0 Å². The van der Waals surface area contributed by atoms with Crippen molar-refractivity contribution in [1.29, 1.82) is 5.26 Å². The fourth-order valence-electron chi connectivity index (χ4n) is 2.45. The first kappa shape index (κ1) is 23.3. The van der Waals surface area contributed by atoms with Crippen molar-refractivity contribution < 1.29 is 18.9 Å². The molecule has 7 heteroatoms. The van der Waals surface area contributed by atoms with Gasteiger partial charge in [0, 0.05) is 12.1 Å². The second-order valence-corrected chi connectivity index (χ2v) is 7.77. The molecule has 0 saturated heterocycles. The molecule has 0 aromatic carbocycles. The van der Waals surface area contributed by atoms with E-state index in [1.807, 2.05) is 6.92 Å². The number of hydrogen-bond acceptors (Lipinski definition) is 5. The largest absolute Gasteiger partial charge is 0.481 e. The van der Waals surface area contributed by atoms with E-state index >= 15 is 0 Å². The number of carbonyl (C=O) groups is 1. The molecule has 2 atom stereocenters. The minimum absolute atomic E-state index is 0.263. The Morgan fingerprint density at radius 3 is 2.21 bits per heavy atom. The van der Waals surface area contributed by atoms with Crippen LogP contribution in [0.25, 0.3) is 0 Å². The molecular weight excluding hydrogens is 327 g/mol. The summed E-state index contributed by atoms with van der Waals surface area (Å²) < 4.78 is 14.0. The maximum atomic E-state index is 11.0. The third-order valence-corrected chi connectivity index (χ3v) is 5.76. The van der Waals surface area contributed by atoms with Gasteiger partial charge in [-0.05, 0) is 47.0 Å². The molecule has 0 heterocycles. The van der Waals surface area contributed by atoms with E-state index in [1.54, 1.807) is 0 Å². The molecule has 0 aromatic heterocycles. The molecule has 0 aliphatic heterocycles. The molecule has 2 unspecified atom stereocenters. The van der Waals surface area contributed by atoms with E-state index in [4.69, 9.17) is 19.4 Å². The van der Waals surface area contributed by atoms with Crippen molar-refractivity contribution in [1.82, 2.24) is 4.67 Å². The summed E-state index contributed by atoms with van der Waals surface area (Å²) >= 11 is 0. The van der Waals surface area contributed by atoms with Gasteiger partial charge in [-0.15, -0.1) is 0 Å². The number of nitrogens with zero attached hydrogens (tertiary/aromatic N) is 2. The highest BCUT2D eigenvalue weighted by molar-refractivity contribution is 7.44. The highest BCUT2D eigenvalue weighted by Crippen LogP contribution is 2.46. The number of nitriles is 1. The van der Waals surface area contributed by atoms with Gasteiger partial charge >= 0.3 is 5.97 Å². The molecule has 0 spiro atoms. The summed E-state index contributed by atoms with van der Waals surface area (Å²) in [5.41, 5.74) is 0. The van der Waals surface area contributed by atoms with Gasteiger partial charge in [0.1, 0.15) is 0 Å². The normalized spacial score (nSPS) is 14.1. The number of carboxylic acid groups (broad SMARTS) is 1. The summed E-state index contributed by atoms with van der Waals surface area (Å²) in [7, 11) is -1.20. The topological polar surface area (TPSA) is 82.8 Å². The van der Waals surface area contributed by atoms with Gasteiger partial charge in [0.25, 0.3) is 8.53 Å². The van der Waals surface area contributed by atoms with Crippen LogP contribution in [0.1, 0.15) is 66.7 Å². The molecule has 0 bridgehead atoms. The number of unbranched alkanes of at least 4 members (excludes halogenated alkanes) is 1. The summed E-state index contributed by atoms with van der Waals surface area (Å²) in [6.45, 7) is 11.2. The molecule has 0 aliphatic rings. The van der Waals surface area contributed by atoms with Crippen LogP contribution in [0, 0.1) is 17.2 Å². The third kappa shape index (κ3) is 9.54. The second kappa shape index (κ2) is 13.5. The van der Waals surface area contributed by atoms with Gasteiger partial charge in [-0.3, -0.25) is 4.79 Å². The molecule has 0 radical (unpaired) electrons. The van der Waals surface area contributed by atoms with E-state index in [-0.39, 0.29) is 18.0 Å². The van der Waals surface area contributed by atoms with Gasteiger partial charge in [0.2, 0.25) is 0 Å². The zero-order valence-electron chi connectivity index (χ0n) is 15.7. The molecule has 0 amide bonds. The fourth-order valence-corrected chi connectivity index (χ4v) is 4.08. The summed E-state index contributed by atoms with van der Waals surface area (Å²) in [5, 5.41) is 17.7. The fraction of sp³-hybridized carbons (Fsp3) is 0.882. The predicted molar refractivity (Wildman–Crippen MR) is 96.4 cm³/mol. The molecular formula is C17H33N2O4P. The van der Waals surface area contributed by atoms with Crippen LogP contribution >= 0.6 is 8.53 Å². The highest BCUT2D eigenvalue weighted by atomic mass is 31.2. The van der Waals surface area contributed by atoms with Gasteiger partial charge in [-0.2, -0.15) is 5.26 Å². The van der Waals surface area contributed by atoms with Gasteiger partial charge in [0.15, 0.2) is 0 Å². The molecule has 0 rings (SSSR count). The third-order valence-electron chi connectivity index (χ3n) is 3.65. The zero-order valence-corrected chi connectivity index (χ0v) is 16.6. The quantitative estimate of drug-likeness (QED) is 0.361. The highest BCUT2D eigenvalue weighted by Gasteiger charge is 2.27. The van der Waals surface area contributed by atoms with Crippen molar-refractivity contribution in [3.05, 3.63) is 0 Å². The molecule has 0 saturated carbocycles. The van der Waals surface area contributed by atoms with Gasteiger partial charge in [-0.25, -0.2) is 4.67 Å². The van der Waals surface area contributed by atoms with Crippen molar-refractivity contribution in [2.24, 2.45) is 5.92 Å². The van der Waals surface area contributed by atoms with Gasteiger partial charge in [-0.1, -0.05) is 13.3 Å². The maximum absolute atomic E-state index is 11.0. The SMILES string of the molecule is CCC(CCCCOP(OCCC#N)N(C(C)C)C(C)C)C(=O)O. The minimum atomic E-state index is -1.20. The monoisotopic (exact) mass is 360 g/mol. The Balaban J connectivity index is 4.40. The summed E-state index contributed by atoms with van der Waals surface area (Å²) in [5.74, 6) is -0.979. The molecule has 0 aromatic rings. The van der Waals surface area contributed by atoms with E-state index in [2.05, 4.69) is 38.4 Å². The first-order chi connectivity index (χ1) is 11.3. The van der Waals surface area contributed by atoms with E-state index in [0.29, 0.717) is 32.5 Å². The number of carboxylic acids is 1. The van der Waals surface area contributed by atoms with Crippen molar-refractivity contribution in [3.8, 4) is 6.07 Å². The van der Waals surface area contributed by atoms with Gasteiger partial charge < -0.3 is 14.2 Å². The number of aliphatic carboxylic acids is 1. The molecule has 0 aliphatic carbocycles. The van der Waals surface area contributed by atoms with Gasteiger partial charge in [0.05, 0.1) is 31.6 Å². The van der Waals surface area contributed by atoms with Crippen LogP contribution in [-0.2, 0) is 13.8 Å². The smallest absolute Gasteiger partial charge is 0.306 e. The first-order valence-corrected chi connectivity index (χ1v) is 9.92. The summed E-state index contributed by atoms with van der Waals surface area (Å²) in [4.78, 5) is 11.0. The van der Waals surface area contributed by atoms with Crippen LogP contribution in [0.4, 0.5) is 0 Å². The lowest BCUT2D eigenvalue weighted by atomic mass is 10.00. The Bertz CT molecular complexity index is 377. The Morgan fingerprint density at radius 2 is 1.75 bits per heavy atom. The van der Waals surface area contributed by atoms with E-state index in [1.165, 1.54) is 0 Å². The van der Waals surface area contributed by atoms with Crippen molar-refractivity contribution in [2.45, 2.75) is 78.8 Å². The predicted octanol–water partition coefficient (Wildman–Crippen LogP) is 4.56. The molecule has 6 nitrogen and oxygen atoms in total. The Labute approximate surface area is 148 Å². The minimum Gasteiger partial charge on any atom is -0.481 e.